The molecule has 0 aliphatic rings. The van der Waals surface area contributed by atoms with E-state index >= 15 is 0 Å². The summed E-state index contributed by atoms with van der Waals surface area (Å²) in [6, 6.07) is 1.45. The molecule has 4 nitrogen and oxygen atoms in total. The second-order valence-corrected chi connectivity index (χ2v) is 3.85. The molecular weight excluding hydrogens is 247 g/mol. The molecule has 0 aliphatic carbocycles. The van der Waals surface area contributed by atoms with Crippen molar-refractivity contribution in [2.75, 3.05) is 18.8 Å². The number of carbonyl (C=O) groups excluding carboxylic acids is 1. The van der Waals surface area contributed by atoms with Crippen molar-refractivity contribution >= 4 is 11.6 Å². The van der Waals surface area contributed by atoms with Gasteiger partial charge in [-0.25, -0.2) is 0 Å². The number of halogens is 3. The number of aromatic nitrogens is 1. The number of nitrogens with two attached hydrogens (primary N) is 1. The number of anilines is 1. The van der Waals surface area contributed by atoms with E-state index in [9.17, 15) is 18.0 Å². The second kappa shape index (κ2) is 5.24. The van der Waals surface area contributed by atoms with Crippen LogP contribution in [0.5, 0.6) is 0 Å². The van der Waals surface area contributed by atoms with Gasteiger partial charge in [-0.3, -0.25) is 9.78 Å². The minimum absolute atomic E-state index is 0.00769. The van der Waals surface area contributed by atoms with Gasteiger partial charge in [-0.1, -0.05) is 0 Å². The molecule has 1 heterocycles. The number of amides is 1. The highest BCUT2D eigenvalue weighted by molar-refractivity contribution is 5.98. The number of carbonyl (C=O) groups is 1. The first-order chi connectivity index (χ1) is 8.24. The molecule has 0 saturated carbocycles. The maximum atomic E-state index is 12.3. The Morgan fingerprint density at radius 1 is 1.50 bits per heavy atom. The molecule has 100 valence electrons. The van der Waals surface area contributed by atoms with E-state index in [1.807, 2.05) is 0 Å². The van der Waals surface area contributed by atoms with Crippen LogP contribution in [-0.2, 0) is 0 Å². The van der Waals surface area contributed by atoms with Gasteiger partial charge in [-0.15, -0.1) is 0 Å². The lowest BCUT2D eigenvalue weighted by Crippen LogP contribution is -2.39. The summed E-state index contributed by atoms with van der Waals surface area (Å²) in [5, 5.41) is 0. The summed E-state index contributed by atoms with van der Waals surface area (Å²) < 4.78 is 36.9. The standard InChI is InChI=1S/C11H14F3N3O/c1-3-17(6-11(12,13)14)10(18)8-5-16-7(2)4-9(8)15/h4-5H,3,6H2,1-2H3,(H2,15,16). The predicted octanol–water partition coefficient (Wildman–Crippen LogP) is 2.00. The van der Waals surface area contributed by atoms with Gasteiger partial charge in [0.05, 0.1) is 5.56 Å². The highest BCUT2D eigenvalue weighted by Crippen LogP contribution is 2.20. The van der Waals surface area contributed by atoms with Crippen molar-refractivity contribution in [3.63, 3.8) is 0 Å². The Bertz CT molecular complexity index is 446. The summed E-state index contributed by atoms with van der Waals surface area (Å²) in [6.45, 7) is 1.81. The summed E-state index contributed by atoms with van der Waals surface area (Å²) in [5.74, 6) is -0.764. The summed E-state index contributed by atoms with van der Waals surface area (Å²) in [7, 11) is 0. The predicted molar refractivity (Wildman–Crippen MR) is 61.0 cm³/mol. The van der Waals surface area contributed by atoms with E-state index in [4.69, 9.17) is 5.73 Å². The lowest BCUT2D eigenvalue weighted by molar-refractivity contribution is -0.140. The fourth-order valence-corrected chi connectivity index (χ4v) is 1.47. The van der Waals surface area contributed by atoms with Crippen LogP contribution in [0.3, 0.4) is 0 Å². The first-order valence-electron chi connectivity index (χ1n) is 5.32. The molecule has 18 heavy (non-hydrogen) atoms. The molecule has 0 saturated heterocycles. The zero-order valence-corrected chi connectivity index (χ0v) is 10.1. The Hall–Kier alpha value is -1.79. The number of hydrogen-bond donors (Lipinski definition) is 1. The van der Waals surface area contributed by atoms with Crippen LogP contribution in [0.1, 0.15) is 23.0 Å². The maximum absolute atomic E-state index is 12.3. The molecule has 0 aliphatic heterocycles. The van der Waals surface area contributed by atoms with E-state index in [0.29, 0.717) is 10.6 Å². The number of pyridine rings is 1. The zero-order chi connectivity index (χ0) is 13.9. The molecule has 0 unspecified atom stereocenters. The molecule has 0 fully saturated rings. The van der Waals surface area contributed by atoms with Crippen molar-refractivity contribution in [3.8, 4) is 0 Å². The van der Waals surface area contributed by atoms with Crippen LogP contribution < -0.4 is 5.73 Å². The monoisotopic (exact) mass is 261 g/mol. The quantitative estimate of drug-likeness (QED) is 0.905. The molecule has 1 rings (SSSR count). The van der Waals surface area contributed by atoms with Gasteiger partial charge in [-0.2, -0.15) is 13.2 Å². The van der Waals surface area contributed by atoms with E-state index in [2.05, 4.69) is 4.98 Å². The number of alkyl halides is 3. The normalized spacial score (nSPS) is 11.4. The summed E-state index contributed by atoms with van der Waals surface area (Å²) in [4.78, 5) is 16.4. The molecule has 0 atom stereocenters. The lowest BCUT2D eigenvalue weighted by atomic mass is 10.2. The van der Waals surface area contributed by atoms with Gasteiger partial charge in [0.15, 0.2) is 0 Å². The minimum atomic E-state index is -4.43. The van der Waals surface area contributed by atoms with E-state index < -0.39 is 18.6 Å². The fourth-order valence-electron chi connectivity index (χ4n) is 1.47. The van der Waals surface area contributed by atoms with Crippen LogP contribution in [0.2, 0.25) is 0 Å². The third-order valence-corrected chi connectivity index (χ3v) is 2.34. The minimum Gasteiger partial charge on any atom is -0.398 e. The molecular formula is C11H14F3N3O. The number of aryl methyl sites for hydroxylation is 1. The van der Waals surface area contributed by atoms with E-state index in [-0.39, 0.29) is 17.8 Å². The van der Waals surface area contributed by atoms with Crippen molar-refractivity contribution in [3.05, 3.63) is 23.5 Å². The molecule has 2 N–H and O–H groups in total. The molecule has 0 bridgehead atoms. The molecule has 1 aromatic heterocycles. The SMILES string of the molecule is CCN(CC(F)(F)F)C(=O)c1cnc(C)cc1N. The Balaban J connectivity index is 2.97. The molecule has 1 amide bonds. The Labute approximate surface area is 103 Å². The van der Waals surface area contributed by atoms with Crippen molar-refractivity contribution in [1.29, 1.82) is 0 Å². The van der Waals surface area contributed by atoms with Crippen LogP contribution in [-0.4, -0.2) is 35.1 Å². The van der Waals surface area contributed by atoms with Crippen molar-refractivity contribution in [1.82, 2.24) is 9.88 Å². The maximum Gasteiger partial charge on any atom is 0.406 e. The largest absolute Gasteiger partial charge is 0.406 e. The summed E-state index contributed by atoms with van der Waals surface area (Å²) in [5.41, 5.74) is 6.33. The molecule has 7 heteroatoms. The van der Waals surface area contributed by atoms with Crippen LogP contribution in [0, 0.1) is 6.92 Å². The molecule has 0 spiro atoms. The zero-order valence-electron chi connectivity index (χ0n) is 10.1. The van der Waals surface area contributed by atoms with Gasteiger partial charge in [0, 0.05) is 24.1 Å². The number of nitrogen functional groups attached to an aromatic ring is 1. The lowest BCUT2D eigenvalue weighted by Gasteiger charge is -2.22. The van der Waals surface area contributed by atoms with Gasteiger partial charge < -0.3 is 10.6 Å². The topological polar surface area (TPSA) is 59.2 Å². The fraction of sp³-hybridized carbons (Fsp3) is 0.455. The Kier molecular flexibility index (Phi) is 4.15. The summed E-state index contributed by atoms with van der Waals surface area (Å²) in [6.07, 6.45) is -3.23. The van der Waals surface area contributed by atoms with Gasteiger partial charge in [0.25, 0.3) is 5.91 Å². The first-order valence-corrected chi connectivity index (χ1v) is 5.32. The van der Waals surface area contributed by atoms with Crippen LogP contribution in [0.25, 0.3) is 0 Å². The van der Waals surface area contributed by atoms with E-state index in [1.165, 1.54) is 19.2 Å². The highest BCUT2D eigenvalue weighted by Gasteiger charge is 2.33. The summed E-state index contributed by atoms with van der Waals surface area (Å²) >= 11 is 0. The van der Waals surface area contributed by atoms with Gasteiger partial charge in [0.2, 0.25) is 0 Å². The van der Waals surface area contributed by atoms with Crippen LogP contribution in [0.4, 0.5) is 18.9 Å². The average Bonchev–Trinajstić information content (AvgIpc) is 2.24. The van der Waals surface area contributed by atoms with Gasteiger partial charge in [0.1, 0.15) is 6.54 Å². The smallest absolute Gasteiger partial charge is 0.398 e. The number of hydrogen-bond acceptors (Lipinski definition) is 3. The third-order valence-electron chi connectivity index (χ3n) is 2.34. The van der Waals surface area contributed by atoms with E-state index in [0.717, 1.165) is 0 Å². The van der Waals surface area contributed by atoms with Crippen LogP contribution in [0.15, 0.2) is 12.3 Å². The van der Waals surface area contributed by atoms with Gasteiger partial charge >= 0.3 is 6.18 Å². The van der Waals surface area contributed by atoms with Crippen molar-refractivity contribution in [2.45, 2.75) is 20.0 Å². The Morgan fingerprint density at radius 3 is 2.56 bits per heavy atom. The first kappa shape index (κ1) is 14.3. The van der Waals surface area contributed by atoms with Crippen LogP contribution >= 0.6 is 0 Å². The van der Waals surface area contributed by atoms with Crippen molar-refractivity contribution < 1.29 is 18.0 Å². The average molecular weight is 261 g/mol. The van der Waals surface area contributed by atoms with Gasteiger partial charge in [-0.05, 0) is 19.9 Å². The Morgan fingerprint density at radius 2 is 2.11 bits per heavy atom. The highest BCUT2D eigenvalue weighted by atomic mass is 19.4. The molecule has 0 aromatic carbocycles. The molecule has 1 aromatic rings. The molecule has 0 radical (unpaired) electrons. The second-order valence-electron chi connectivity index (χ2n) is 3.85. The third kappa shape index (κ3) is 3.61. The van der Waals surface area contributed by atoms with Crippen molar-refractivity contribution in [2.24, 2.45) is 0 Å². The number of rotatable bonds is 3. The number of nitrogens with zero attached hydrogens (tertiary/aromatic N) is 2. The van der Waals surface area contributed by atoms with E-state index in [1.54, 1.807) is 6.92 Å².